The first-order valence-corrected chi connectivity index (χ1v) is 7.15. The number of aromatic carboxylic acids is 1. The summed E-state index contributed by atoms with van der Waals surface area (Å²) in [6.07, 6.45) is 4.48. The molecule has 1 heterocycles. The van der Waals surface area contributed by atoms with Crippen molar-refractivity contribution in [3.8, 4) is 0 Å². The Kier molecular flexibility index (Phi) is 5.83. The molecule has 0 aliphatic heterocycles. The third kappa shape index (κ3) is 5.08. The summed E-state index contributed by atoms with van der Waals surface area (Å²) in [5.41, 5.74) is 0.843. The van der Waals surface area contributed by atoms with Crippen molar-refractivity contribution in [1.29, 1.82) is 0 Å². The molecule has 1 aromatic rings. The zero-order chi connectivity index (χ0) is 12.7. The summed E-state index contributed by atoms with van der Waals surface area (Å²) in [5, 5.41) is 8.70. The lowest BCUT2D eigenvalue weighted by Gasteiger charge is -2.02. The molecular weight excluding hydrogens is 238 g/mol. The maximum absolute atomic E-state index is 11.7. The molecule has 0 aliphatic carbocycles. The molecule has 94 valence electrons. The zero-order valence-electron chi connectivity index (χ0n) is 9.89. The zero-order valence-corrected chi connectivity index (χ0v) is 10.7. The van der Waals surface area contributed by atoms with E-state index in [1.165, 1.54) is 12.3 Å². The van der Waals surface area contributed by atoms with Gasteiger partial charge in [-0.25, -0.2) is 4.79 Å². The summed E-state index contributed by atoms with van der Waals surface area (Å²) in [6, 6.07) is 3.12. The van der Waals surface area contributed by atoms with E-state index in [9.17, 15) is 9.00 Å². The fourth-order valence-electron chi connectivity index (χ4n) is 1.39. The Bertz CT molecular complexity index is 389. The second kappa shape index (κ2) is 7.17. The highest BCUT2D eigenvalue weighted by Gasteiger charge is 2.05. The molecular formula is C12H17NO3S. The first-order valence-electron chi connectivity index (χ1n) is 5.66. The summed E-state index contributed by atoms with van der Waals surface area (Å²) < 4.78 is 11.7. The van der Waals surface area contributed by atoms with E-state index >= 15 is 0 Å². The molecule has 1 aromatic heterocycles. The van der Waals surface area contributed by atoms with Gasteiger partial charge in [0.15, 0.2) is 0 Å². The number of carboxylic acids is 1. The maximum atomic E-state index is 11.7. The highest BCUT2D eigenvalue weighted by molar-refractivity contribution is 7.84. The van der Waals surface area contributed by atoms with Gasteiger partial charge in [-0.05, 0) is 18.6 Å². The predicted molar refractivity (Wildman–Crippen MR) is 67.4 cm³/mol. The second-order valence-corrected chi connectivity index (χ2v) is 5.42. The Balaban J connectivity index is 2.46. The minimum atomic E-state index is -0.992. The van der Waals surface area contributed by atoms with Gasteiger partial charge in [-0.2, -0.15) is 0 Å². The predicted octanol–water partition coefficient (Wildman–Crippen LogP) is 2.22. The van der Waals surface area contributed by atoms with Crippen molar-refractivity contribution in [2.24, 2.45) is 0 Å². The van der Waals surface area contributed by atoms with Crippen molar-refractivity contribution in [3.05, 3.63) is 29.6 Å². The molecule has 1 unspecified atom stereocenters. The second-order valence-electron chi connectivity index (χ2n) is 3.84. The van der Waals surface area contributed by atoms with Crippen LogP contribution in [0, 0.1) is 0 Å². The van der Waals surface area contributed by atoms with Gasteiger partial charge in [-0.15, -0.1) is 0 Å². The number of nitrogens with zero attached hydrogens (tertiary/aromatic N) is 1. The Labute approximate surface area is 104 Å². The SMILES string of the molecule is CCCCCS(=O)Cc1ccc(C(=O)O)cn1. The topological polar surface area (TPSA) is 67.3 Å². The van der Waals surface area contributed by atoms with Crippen molar-refractivity contribution in [1.82, 2.24) is 4.98 Å². The van der Waals surface area contributed by atoms with Gasteiger partial charge in [0.1, 0.15) is 0 Å². The lowest BCUT2D eigenvalue weighted by atomic mass is 10.2. The van der Waals surface area contributed by atoms with Gasteiger partial charge >= 0.3 is 5.97 Å². The van der Waals surface area contributed by atoms with Crippen LogP contribution in [0.25, 0.3) is 0 Å². The summed E-state index contributed by atoms with van der Waals surface area (Å²) in [7, 11) is -0.900. The Morgan fingerprint density at radius 3 is 2.71 bits per heavy atom. The Hall–Kier alpha value is -1.23. The molecule has 0 bridgehead atoms. The summed E-state index contributed by atoms with van der Waals surface area (Å²) in [5.74, 6) is 0.105. The normalized spacial score (nSPS) is 12.3. The monoisotopic (exact) mass is 255 g/mol. The van der Waals surface area contributed by atoms with E-state index in [1.807, 2.05) is 0 Å². The van der Waals surface area contributed by atoms with Crippen molar-refractivity contribution in [2.45, 2.75) is 31.9 Å². The number of carboxylic acid groups (broad SMARTS) is 1. The van der Waals surface area contributed by atoms with Crippen molar-refractivity contribution >= 4 is 16.8 Å². The average Bonchev–Trinajstić information content (AvgIpc) is 2.30. The molecule has 0 spiro atoms. The highest BCUT2D eigenvalue weighted by atomic mass is 32.2. The van der Waals surface area contributed by atoms with E-state index in [2.05, 4.69) is 11.9 Å². The average molecular weight is 255 g/mol. The molecule has 0 aliphatic rings. The first-order chi connectivity index (χ1) is 8.13. The van der Waals surface area contributed by atoms with Gasteiger partial charge in [0, 0.05) is 22.7 Å². The fraction of sp³-hybridized carbons (Fsp3) is 0.500. The summed E-state index contributed by atoms with van der Waals surface area (Å²) >= 11 is 0. The van der Waals surface area contributed by atoms with Crippen LogP contribution in [0.4, 0.5) is 0 Å². The van der Waals surface area contributed by atoms with Gasteiger partial charge in [0.25, 0.3) is 0 Å². The molecule has 1 rings (SSSR count). The molecule has 1 N–H and O–H groups in total. The lowest BCUT2D eigenvalue weighted by Crippen LogP contribution is -2.04. The van der Waals surface area contributed by atoms with Crippen LogP contribution in [0.2, 0.25) is 0 Å². The quantitative estimate of drug-likeness (QED) is 0.759. The highest BCUT2D eigenvalue weighted by Crippen LogP contribution is 2.05. The van der Waals surface area contributed by atoms with Crippen molar-refractivity contribution in [3.63, 3.8) is 0 Å². The number of hydrogen-bond acceptors (Lipinski definition) is 3. The standard InChI is InChI=1S/C12H17NO3S/c1-2-3-4-7-17(16)9-11-6-5-10(8-13-11)12(14)15/h5-6,8H,2-4,7,9H2,1H3,(H,14,15). The van der Waals surface area contributed by atoms with Crippen LogP contribution in [0.15, 0.2) is 18.3 Å². The van der Waals surface area contributed by atoms with Crippen LogP contribution >= 0.6 is 0 Å². The number of unbranched alkanes of at least 4 members (excludes halogenated alkanes) is 2. The van der Waals surface area contributed by atoms with E-state index in [4.69, 9.17) is 5.11 Å². The van der Waals surface area contributed by atoms with E-state index in [0.717, 1.165) is 19.3 Å². The first kappa shape index (κ1) is 13.8. The maximum Gasteiger partial charge on any atom is 0.337 e. The Morgan fingerprint density at radius 2 is 2.18 bits per heavy atom. The molecule has 4 nitrogen and oxygen atoms in total. The molecule has 0 fully saturated rings. The van der Waals surface area contributed by atoms with Crippen LogP contribution in [0.1, 0.15) is 42.2 Å². The smallest absolute Gasteiger partial charge is 0.337 e. The van der Waals surface area contributed by atoms with Crippen molar-refractivity contribution in [2.75, 3.05) is 5.75 Å². The molecule has 0 amide bonds. The van der Waals surface area contributed by atoms with Crippen molar-refractivity contribution < 1.29 is 14.1 Å². The molecule has 0 radical (unpaired) electrons. The van der Waals surface area contributed by atoms with E-state index in [1.54, 1.807) is 6.07 Å². The number of pyridine rings is 1. The molecule has 0 saturated carbocycles. The number of aromatic nitrogens is 1. The van der Waals surface area contributed by atoms with Crippen LogP contribution in [-0.4, -0.2) is 26.0 Å². The van der Waals surface area contributed by atoms with Gasteiger partial charge < -0.3 is 5.11 Å². The minimum absolute atomic E-state index is 0.158. The minimum Gasteiger partial charge on any atom is -0.478 e. The van der Waals surface area contributed by atoms with Gasteiger partial charge in [0.2, 0.25) is 0 Å². The van der Waals surface area contributed by atoms with E-state index in [0.29, 0.717) is 17.2 Å². The number of hydrogen-bond donors (Lipinski definition) is 1. The van der Waals surface area contributed by atoms with Crippen LogP contribution < -0.4 is 0 Å². The third-order valence-electron chi connectivity index (χ3n) is 2.36. The van der Waals surface area contributed by atoms with Gasteiger partial charge in [-0.3, -0.25) is 9.19 Å². The molecule has 5 heteroatoms. The number of rotatable bonds is 7. The van der Waals surface area contributed by atoms with Gasteiger partial charge in [-0.1, -0.05) is 19.8 Å². The molecule has 0 saturated heterocycles. The van der Waals surface area contributed by atoms with Crippen LogP contribution in [-0.2, 0) is 16.6 Å². The lowest BCUT2D eigenvalue weighted by molar-refractivity contribution is 0.0696. The molecule has 17 heavy (non-hydrogen) atoms. The summed E-state index contributed by atoms with van der Waals surface area (Å²) in [6.45, 7) is 2.11. The third-order valence-corrected chi connectivity index (χ3v) is 3.72. The van der Waals surface area contributed by atoms with E-state index < -0.39 is 16.8 Å². The van der Waals surface area contributed by atoms with E-state index in [-0.39, 0.29) is 5.56 Å². The Morgan fingerprint density at radius 1 is 1.41 bits per heavy atom. The number of carbonyl (C=O) groups is 1. The fourth-order valence-corrected chi connectivity index (χ4v) is 2.56. The summed E-state index contributed by atoms with van der Waals surface area (Å²) in [4.78, 5) is 14.6. The van der Waals surface area contributed by atoms with Crippen LogP contribution in [0.5, 0.6) is 0 Å². The van der Waals surface area contributed by atoms with Crippen LogP contribution in [0.3, 0.4) is 0 Å². The molecule has 1 atom stereocenters. The largest absolute Gasteiger partial charge is 0.478 e. The molecule has 0 aromatic carbocycles. The van der Waals surface area contributed by atoms with Gasteiger partial charge in [0.05, 0.1) is 17.0 Å².